The summed E-state index contributed by atoms with van der Waals surface area (Å²) in [6, 6.07) is 6.82. The average molecular weight is 274 g/mol. The number of ether oxygens (including phenoxy) is 1. The zero-order chi connectivity index (χ0) is 13.2. The smallest absolute Gasteiger partial charge is 0.140 e. The Morgan fingerprint density at radius 2 is 2.37 bits per heavy atom. The van der Waals surface area contributed by atoms with Gasteiger partial charge in [0.25, 0.3) is 0 Å². The number of aryl methyl sites for hydroxylation is 1. The van der Waals surface area contributed by atoms with Gasteiger partial charge in [0.1, 0.15) is 17.4 Å². The molecule has 1 heterocycles. The van der Waals surface area contributed by atoms with E-state index in [-0.39, 0.29) is 0 Å². The molecule has 3 nitrogen and oxygen atoms in total. The van der Waals surface area contributed by atoms with Gasteiger partial charge in [0.2, 0.25) is 0 Å². The molecular formula is C15H18N2OS. The fourth-order valence-corrected chi connectivity index (χ4v) is 3.35. The molecule has 1 aliphatic carbocycles. The highest BCUT2D eigenvalue weighted by molar-refractivity contribution is 7.09. The topological polar surface area (TPSA) is 34.1 Å². The molecule has 0 fully saturated rings. The van der Waals surface area contributed by atoms with Gasteiger partial charge in [-0.3, -0.25) is 0 Å². The van der Waals surface area contributed by atoms with Gasteiger partial charge in [-0.05, 0) is 44.0 Å². The Labute approximate surface area is 117 Å². The van der Waals surface area contributed by atoms with E-state index in [0.29, 0.717) is 12.6 Å². The number of hydrogen-bond donors (Lipinski definition) is 1. The summed E-state index contributed by atoms with van der Waals surface area (Å²) in [5, 5.41) is 6.46. The molecular weight excluding hydrogens is 256 g/mol. The molecule has 0 bridgehead atoms. The van der Waals surface area contributed by atoms with E-state index in [1.54, 1.807) is 11.3 Å². The second-order valence-corrected chi connectivity index (χ2v) is 5.82. The molecule has 1 aliphatic rings. The van der Waals surface area contributed by atoms with Crippen LogP contribution in [0.1, 0.15) is 34.3 Å². The maximum atomic E-state index is 5.96. The maximum Gasteiger partial charge on any atom is 0.140 e. The molecule has 1 unspecified atom stereocenters. The van der Waals surface area contributed by atoms with Crippen molar-refractivity contribution >= 4 is 11.3 Å². The van der Waals surface area contributed by atoms with Crippen molar-refractivity contribution in [1.29, 1.82) is 0 Å². The van der Waals surface area contributed by atoms with Crippen molar-refractivity contribution in [3.63, 3.8) is 0 Å². The Morgan fingerprint density at radius 3 is 3.11 bits per heavy atom. The van der Waals surface area contributed by atoms with Gasteiger partial charge in [0.05, 0.1) is 0 Å². The van der Waals surface area contributed by atoms with E-state index in [1.165, 1.54) is 11.1 Å². The predicted molar refractivity (Wildman–Crippen MR) is 77.7 cm³/mol. The number of rotatable bonds is 4. The third-order valence-electron chi connectivity index (χ3n) is 3.59. The van der Waals surface area contributed by atoms with Crippen LogP contribution in [0, 0.1) is 6.92 Å². The largest absolute Gasteiger partial charge is 0.486 e. The van der Waals surface area contributed by atoms with Crippen molar-refractivity contribution in [2.24, 2.45) is 0 Å². The second-order valence-electron chi connectivity index (χ2n) is 4.88. The van der Waals surface area contributed by atoms with Crippen LogP contribution in [0.3, 0.4) is 0 Å². The van der Waals surface area contributed by atoms with Crippen LogP contribution in [0.25, 0.3) is 0 Å². The molecule has 1 atom stereocenters. The Hall–Kier alpha value is -1.39. The Morgan fingerprint density at radius 1 is 1.47 bits per heavy atom. The summed E-state index contributed by atoms with van der Waals surface area (Å²) >= 11 is 1.66. The number of nitrogens with one attached hydrogen (secondary N) is 1. The lowest BCUT2D eigenvalue weighted by molar-refractivity contribution is 0.302. The van der Waals surface area contributed by atoms with Crippen LogP contribution in [-0.4, -0.2) is 12.0 Å². The highest BCUT2D eigenvalue weighted by Crippen LogP contribution is 2.36. The minimum Gasteiger partial charge on any atom is -0.486 e. The van der Waals surface area contributed by atoms with Crippen molar-refractivity contribution in [3.05, 3.63) is 45.4 Å². The fraction of sp³-hybridized carbons (Fsp3) is 0.400. The normalized spacial score (nSPS) is 17.5. The molecule has 1 N–H and O–H groups in total. The molecule has 0 saturated heterocycles. The number of aromatic nitrogens is 1. The summed E-state index contributed by atoms with van der Waals surface area (Å²) in [6.45, 7) is 2.58. The third kappa shape index (κ3) is 2.51. The Bertz CT molecular complexity index is 579. The van der Waals surface area contributed by atoms with Gasteiger partial charge in [-0.1, -0.05) is 12.1 Å². The molecule has 0 amide bonds. The summed E-state index contributed by atoms with van der Waals surface area (Å²) < 4.78 is 5.96. The number of fused-ring (bicyclic) bond motifs is 1. The van der Waals surface area contributed by atoms with E-state index in [0.717, 1.165) is 29.3 Å². The first kappa shape index (κ1) is 12.6. The van der Waals surface area contributed by atoms with E-state index in [2.05, 4.69) is 33.9 Å². The molecule has 0 radical (unpaired) electrons. The van der Waals surface area contributed by atoms with Crippen LogP contribution in [0.2, 0.25) is 0 Å². The number of benzene rings is 1. The average Bonchev–Trinajstić information content (AvgIpc) is 3.02. The van der Waals surface area contributed by atoms with Crippen LogP contribution in [0.15, 0.2) is 23.6 Å². The molecule has 0 aliphatic heterocycles. The van der Waals surface area contributed by atoms with Gasteiger partial charge in [-0.2, -0.15) is 0 Å². The van der Waals surface area contributed by atoms with Crippen LogP contribution >= 0.6 is 11.3 Å². The zero-order valence-electron chi connectivity index (χ0n) is 11.3. The van der Waals surface area contributed by atoms with Crippen molar-refractivity contribution < 1.29 is 4.74 Å². The van der Waals surface area contributed by atoms with E-state index >= 15 is 0 Å². The molecule has 3 rings (SSSR count). The van der Waals surface area contributed by atoms with Crippen molar-refractivity contribution in [1.82, 2.24) is 10.3 Å². The van der Waals surface area contributed by atoms with Crippen LogP contribution in [-0.2, 0) is 13.0 Å². The van der Waals surface area contributed by atoms with E-state index in [9.17, 15) is 0 Å². The molecule has 4 heteroatoms. The van der Waals surface area contributed by atoms with Gasteiger partial charge in [0.15, 0.2) is 0 Å². The monoisotopic (exact) mass is 274 g/mol. The molecule has 0 spiro atoms. The standard InChI is InChI=1S/C15H18N2OS/c1-10-9-19-15(17-10)8-18-14-5-3-4-11-12(14)6-7-13(11)16-2/h3-5,9,13,16H,6-8H2,1-2H3. The lowest BCUT2D eigenvalue weighted by Crippen LogP contribution is -2.12. The van der Waals surface area contributed by atoms with Crippen molar-refractivity contribution in [2.75, 3.05) is 7.05 Å². The molecule has 100 valence electrons. The number of nitrogens with zero attached hydrogens (tertiary/aromatic N) is 1. The van der Waals surface area contributed by atoms with Gasteiger partial charge in [-0.25, -0.2) is 4.98 Å². The molecule has 19 heavy (non-hydrogen) atoms. The van der Waals surface area contributed by atoms with Gasteiger partial charge in [-0.15, -0.1) is 11.3 Å². The number of thiazole rings is 1. The summed E-state index contributed by atoms with van der Waals surface area (Å²) in [6.07, 6.45) is 2.25. The first-order valence-electron chi connectivity index (χ1n) is 6.61. The SMILES string of the molecule is CNC1CCc2c(OCc3nc(C)cs3)cccc21. The highest BCUT2D eigenvalue weighted by atomic mass is 32.1. The van der Waals surface area contributed by atoms with Gasteiger partial charge in [0, 0.05) is 17.1 Å². The first-order valence-corrected chi connectivity index (χ1v) is 7.48. The van der Waals surface area contributed by atoms with E-state index < -0.39 is 0 Å². The van der Waals surface area contributed by atoms with Crippen LogP contribution in [0.4, 0.5) is 0 Å². The summed E-state index contributed by atoms with van der Waals surface area (Å²) in [7, 11) is 2.02. The molecule has 0 saturated carbocycles. The summed E-state index contributed by atoms with van der Waals surface area (Å²) in [5.41, 5.74) is 3.81. The highest BCUT2D eigenvalue weighted by Gasteiger charge is 2.23. The molecule has 1 aromatic carbocycles. The fourth-order valence-electron chi connectivity index (χ4n) is 2.66. The van der Waals surface area contributed by atoms with Crippen LogP contribution in [0.5, 0.6) is 5.75 Å². The van der Waals surface area contributed by atoms with Crippen molar-refractivity contribution in [2.45, 2.75) is 32.4 Å². The lowest BCUT2D eigenvalue weighted by atomic mass is 10.1. The maximum absolute atomic E-state index is 5.96. The summed E-state index contributed by atoms with van der Waals surface area (Å²) in [4.78, 5) is 4.43. The Kier molecular flexibility index (Phi) is 3.53. The minimum absolute atomic E-state index is 0.473. The quantitative estimate of drug-likeness (QED) is 0.929. The number of hydrogen-bond acceptors (Lipinski definition) is 4. The van der Waals surface area contributed by atoms with Gasteiger partial charge < -0.3 is 10.1 Å². The second kappa shape index (κ2) is 5.31. The first-order chi connectivity index (χ1) is 9.28. The van der Waals surface area contributed by atoms with Crippen molar-refractivity contribution in [3.8, 4) is 5.75 Å². The molecule has 2 aromatic rings. The molecule has 1 aromatic heterocycles. The Balaban J connectivity index is 1.77. The predicted octanol–water partition coefficient (Wildman–Crippen LogP) is 3.24. The summed E-state index contributed by atoms with van der Waals surface area (Å²) in [5.74, 6) is 1.02. The van der Waals surface area contributed by atoms with Gasteiger partial charge >= 0.3 is 0 Å². The minimum atomic E-state index is 0.473. The lowest BCUT2D eigenvalue weighted by Gasteiger charge is -2.12. The third-order valence-corrected chi connectivity index (χ3v) is 4.53. The van der Waals surface area contributed by atoms with E-state index in [4.69, 9.17) is 4.74 Å². The van der Waals surface area contributed by atoms with Crippen LogP contribution < -0.4 is 10.1 Å². The zero-order valence-corrected chi connectivity index (χ0v) is 12.1. The van der Waals surface area contributed by atoms with E-state index in [1.807, 2.05) is 14.0 Å².